The van der Waals surface area contributed by atoms with Gasteiger partial charge in [0.1, 0.15) is 18.8 Å². The number of carbonyl (C=O) groups excluding carboxylic acids is 1. The van der Waals surface area contributed by atoms with E-state index in [9.17, 15) is 18.0 Å². The molecule has 1 aromatic carbocycles. The molecule has 4 nitrogen and oxygen atoms in total. The number of carbonyl (C=O) groups is 1. The lowest BCUT2D eigenvalue weighted by Crippen LogP contribution is -2.21. The molecule has 7 heteroatoms. The fraction of sp³-hybridized carbons (Fsp3) is 0.417. The van der Waals surface area contributed by atoms with Gasteiger partial charge in [0, 0.05) is 6.42 Å². The Hall–Kier alpha value is -1.76. The first-order valence-corrected chi connectivity index (χ1v) is 5.68. The van der Waals surface area contributed by atoms with Gasteiger partial charge >= 0.3 is 6.18 Å². The lowest BCUT2D eigenvalue weighted by molar-refractivity contribution is -0.139. The molecule has 19 heavy (non-hydrogen) atoms. The second-order valence-electron chi connectivity index (χ2n) is 3.98. The van der Waals surface area contributed by atoms with E-state index in [1.165, 1.54) is 0 Å². The monoisotopic (exact) mass is 275 g/mol. The minimum Gasteiger partial charge on any atom is -0.485 e. The van der Waals surface area contributed by atoms with E-state index in [4.69, 9.17) is 15.2 Å². The summed E-state index contributed by atoms with van der Waals surface area (Å²) in [7, 11) is 0. The number of benzene rings is 1. The van der Waals surface area contributed by atoms with Crippen LogP contribution in [0.5, 0.6) is 11.5 Å². The van der Waals surface area contributed by atoms with Crippen LogP contribution in [0, 0.1) is 0 Å². The van der Waals surface area contributed by atoms with Gasteiger partial charge in [-0.05, 0) is 18.7 Å². The maximum absolute atomic E-state index is 12.8. The van der Waals surface area contributed by atoms with Crippen molar-refractivity contribution in [1.29, 1.82) is 0 Å². The highest BCUT2D eigenvalue weighted by atomic mass is 19.4. The van der Waals surface area contributed by atoms with E-state index in [2.05, 4.69) is 0 Å². The van der Waals surface area contributed by atoms with Gasteiger partial charge in [0.2, 0.25) is 0 Å². The average Bonchev–Trinajstić information content (AvgIpc) is 2.36. The largest absolute Gasteiger partial charge is 0.485 e. The van der Waals surface area contributed by atoms with Gasteiger partial charge < -0.3 is 15.2 Å². The van der Waals surface area contributed by atoms with Gasteiger partial charge in [0.05, 0.1) is 5.56 Å². The summed E-state index contributed by atoms with van der Waals surface area (Å²) in [6.45, 7) is 0.247. The molecule has 0 fully saturated rings. The molecule has 0 amide bonds. The number of fused-ring (bicyclic) bond motifs is 1. The number of halogens is 3. The Bertz CT molecular complexity index is 500. The highest BCUT2D eigenvalue weighted by Crippen LogP contribution is 2.44. The van der Waals surface area contributed by atoms with Crippen molar-refractivity contribution in [3.63, 3.8) is 0 Å². The predicted octanol–water partition coefficient (Wildman–Crippen LogP) is 2.01. The van der Waals surface area contributed by atoms with Gasteiger partial charge in [-0.3, -0.25) is 4.79 Å². The summed E-state index contributed by atoms with van der Waals surface area (Å²) < 4.78 is 48.6. The lowest BCUT2D eigenvalue weighted by atomic mass is 10.0. The molecule has 0 aliphatic carbocycles. The molecule has 0 bridgehead atoms. The van der Waals surface area contributed by atoms with Gasteiger partial charge in [-0.1, -0.05) is 0 Å². The molecule has 2 rings (SSSR count). The van der Waals surface area contributed by atoms with Crippen molar-refractivity contribution in [2.24, 2.45) is 5.73 Å². The highest BCUT2D eigenvalue weighted by Gasteiger charge is 2.38. The highest BCUT2D eigenvalue weighted by molar-refractivity contribution is 5.99. The molecular weight excluding hydrogens is 263 g/mol. The van der Waals surface area contributed by atoms with E-state index in [0.717, 1.165) is 12.1 Å². The van der Waals surface area contributed by atoms with Crippen LogP contribution >= 0.6 is 0 Å². The number of hydrogen-bond acceptors (Lipinski definition) is 4. The topological polar surface area (TPSA) is 61.6 Å². The summed E-state index contributed by atoms with van der Waals surface area (Å²) in [6.07, 6.45) is -4.51. The number of ketones is 1. The van der Waals surface area contributed by atoms with Crippen molar-refractivity contribution < 1.29 is 27.4 Å². The molecule has 1 aliphatic heterocycles. The van der Waals surface area contributed by atoms with E-state index in [-0.39, 0.29) is 43.3 Å². The molecule has 2 N–H and O–H groups in total. The van der Waals surface area contributed by atoms with E-state index < -0.39 is 17.5 Å². The number of nitrogens with two attached hydrogens (primary N) is 1. The summed E-state index contributed by atoms with van der Waals surface area (Å²) in [6, 6.07) is 1.94. The molecule has 1 heterocycles. The van der Waals surface area contributed by atoms with Crippen LogP contribution in [0.1, 0.15) is 22.3 Å². The van der Waals surface area contributed by atoms with E-state index in [1.807, 2.05) is 0 Å². The summed E-state index contributed by atoms with van der Waals surface area (Å²) in [4.78, 5) is 11.8. The molecule has 0 spiro atoms. The van der Waals surface area contributed by atoms with Crippen molar-refractivity contribution in [2.45, 2.75) is 12.6 Å². The van der Waals surface area contributed by atoms with E-state index in [1.54, 1.807) is 0 Å². The van der Waals surface area contributed by atoms with Gasteiger partial charge in [-0.25, -0.2) is 0 Å². The Morgan fingerprint density at radius 1 is 1.21 bits per heavy atom. The zero-order chi connectivity index (χ0) is 14.0. The van der Waals surface area contributed by atoms with Crippen LogP contribution < -0.4 is 15.2 Å². The van der Waals surface area contributed by atoms with Gasteiger partial charge in [0.25, 0.3) is 0 Å². The number of ether oxygens (including phenoxy) is 2. The Morgan fingerprint density at radius 2 is 1.84 bits per heavy atom. The number of alkyl halides is 3. The first-order valence-electron chi connectivity index (χ1n) is 5.68. The quantitative estimate of drug-likeness (QED) is 0.857. The van der Waals surface area contributed by atoms with Gasteiger partial charge in [-0.15, -0.1) is 0 Å². The SMILES string of the molecule is NCCC(=O)c1ccc(C(F)(F)F)c2c1OCCO2. The third-order valence-corrected chi connectivity index (χ3v) is 2.67. The van der Waals surface area contributed by atoms with E-state index >= 15 is 0 Å². The predicted molar refractivity (Wildman–Crippen MR) is 60.4 cm³/mol. The summed E-state index contributed by atoms with van der Waals surface area (Å²) in [5, 5.41) is 0. The van der Waals surface area contributed by atoms with Crippen molar-refractivity contribution >= 4 is 5.78 Å². The molecule has 0 atom stereocenters. The lowest BCUT2D eigenvalue weighted by Gasteiger charge is -2.24. The number of hydrogen-bond donors (Lipinski definition) is 1. The molecule has 0 radical (unpaired) electrons. The van der Waals surface area contributed by atoms with Crippen LogP contribution in [0.2, 0.25) is 0 Å². The zero-order valence-electron chi connectivity index (χ0n) is 9.92. The van der Waals surface area contributed by atoms with Gasteiger partial charge in [0.15, 0.2) is 17.3 Å². The van der Waals surface area contributed by atoms with Crippen LogP contribution in [0.25, 0.3) is 0 Å². The van der Waals surface area contributed by atoms with Crippen LogP contribution in [0.15, 0.2) is 12.1 Å². The Morgan fingerprint density at radius 3 is 2.42 bits per heavy atom. The Balaban J connectivity index is 2.52. The zero-order valence-corrected chi connectivity index (χ0v) is 9.92. The van der Waals surface area contributed by atoms with Crippen molar-refractivity contribution in [2.75, 3.05) is 19.8 Å². The number of rotatable bonds is 3. The summed E-state index contributed by atoms with van der Waals surface area (Å²) >= 11 is 0. The van der Waals surface area contributed by atoms with Crippen LogP contribution in [0.4, 0.5) is 13.2 Å². The van der Waals surface area contributed by atoms with Crippen molar-refractivity contribution in [3.8, 4) is 11.5 Å². The standard InChI is InChI=1S/C12H12F3NO3/c13-12(14,15)8-2-1-7(9(17)3-4-16)10-11(8)19-6-5-18-10/h1-2H,3-6,16H2. The van der Waals surface area contributed by atoms with Crippen molar-refractivity contribution in [1.82, 2.24) is 0 Å². The molecule has 1 aliphatic rings. The van der Waals surface area contributed by atoms with Gasteiger partial charge in [-0.2, -0.15) is 13.2 Å². The molecule has 0 unspecified atom stereocenters. The second kappa shape index (κ2) is 5.08. The fourth-order valence-corrected chi connectivity index (χ4v) is 1.85. The Labute approximate surface area is 107 Å². The van der Waals surface area contributed by atoms with Crippen LogP contribution in [0.3, 0.4) is 0 Å². The molecular formula is C12H12F3NO3. The molecule has 104 valence electrons. The van der Waals surface area contributed by atoms with Crippen LogP contribution in [-0.4, -0.2) is 25.5 Å². The summed E-state index contributed by atoms with van der Waals surface area (Å²) in [5.74, 6) is -0.917. The van der Waals surface area contributed by atoms with Crippen molar-refractivity contribution in [3.05, 3.63) is 23.3 Å². The maximum atomic E-state index is 12.8. The maximum Gasteiger partial charge on any atom is 0.420 e. The number of Topliss-reactive ketones (excluding diaryl/α,β-unsaturated/α-hetero) is 1. The summed E-state index contributed by atoms with van der Waals surface area (Å²) in [5.41, 5.74) is 4.41. The minimum absolute atomic E-state index is 0.0185. The Kier molecular flexibility index (Phi) is 3.66. The van der Waals surface area contributed by atoms with Crippen LogP contribution in [-0.2, 0) is 6.18 Å². The normalized spacial score (nSPS) is 14.3. The first-order chi connectivity index (χ1) is 8.95. The first kappa shape index (κ1) is 13.7. The molecule has 1 aromatic rings. The molecule has 0 saturated heterocycles. The molecule has 0 saturated carbocycles. The molecule has 0 aromatic heterocycles. The van der Waals surface area contributed by atoms with E-state index in [0.29, 0.717) is 0 Å². The third-order valence-electron chi connectivity index (χ3n) is 2.67. The smallest absolute Gasteiger partial charge is 0.420 e. The third kappa shape index (κ3) is 2.65. The fourth-order valence-electron chi connectivity index (χ4n) is 1.85. The average molecular weight is 275 g/mol. The minimum atomic E-state index is -4.56. The second-order valence-corrected chi connectivity index (χ2v) is 3.98.